The maximum absolute atomic E-state index is 11.7. The first-order valence-corrected chi connectivity index (χ1v) is 6.08. The Hall–Kier alpha value is -1.76. The molecule has 0 saturated heterocycles. The van der Waals surface area contributed by atoms with Crippen LogP contribution in [0.15, 0.2) is 24.3 Å². The van der Waals surface area contributed by atoms with E-state index in [1.807, 2.05) is 0 Å². The summed E-state index contributed by atoms with van der Waals surface area (Å²) in [6.45, 7) is 0.499. The molecule has 0 heterocycles. The van der Waals surface area contributed by atoms with Crippen molar-refractivity contribution in [2.75, 3.05) is 11.9 Å². The van der Waals surface area contributed by atoms with E-state index in [4.69, 9.17) is 11.5 Å². The van der Waals surface area contributed by atoms with Crippen LogP contribution < -0.4 is 16.8 Å². The predicted molar refractivity (Wildman–Crippen MR) is 72.4 cm³/mol. The zero-order valence-electron chi connectivity index (χ0n) is 10.6. The van der Waals surface area contributed by atoms with Gasteiger partial charge in [-0.1, -0.05) is 12.1 Å². The number of aliphatic hydroxyl groups excluding tert-OH is 1. The lowest BCUT2D eigenvalue weighted by molar-refractivity contribution is -0.117. The van der Waals surface area contributed by atoms with Gasteiger partial charge >= 0.3 is 0 Å². The lowest BCUT2D eigenvalue weighted by atomic mass is 10.1. The Morgan fingerprint density at radius 2 is 2.00 bits per heavy atom. The summed E-state index contributed by atoms with van der Waals surface area (Å²) < 4.78 is 0. The zero-order valence-corrected chi connectivity index (χ0v) is 10.6. The fraction of sp³-hybridized carbons (Fsp3) is 0.385. The zero-order chi connectivity index (χ0) is 14.3. The molecule has 19 heavy (non-hydrogen) atoms. The number of benzene rings is 1. The van der Waals surface area contributed by atoms with Gasteiger partial charge in [-0.2, -0.15) is 0 Å². The summed E-state index contributed by atoms with van der Waals surface area (Å²) in [7, 11) is 0. The highest BCUT2D eigenvalue weighted by Crippen LogP contribution is 2.15. The van der Waals surface area contributed by atoms with Crippen molar-refractivity contribution in [2.24, 2.45) is 11.5 Å². The highest BCUT2D eigenvalue weighted by molar-refractivity contribution is 5.94. The molecule has 0 fully saturated rings. The van der Waals surface area contributed by atoms with Crippen molar-refractivity contribution in [3.63, 3.8) is 0 Å². The molecule has 104 valence electrons. The molecule has 0 aromatic heterocycles. The van der Waals surface area contributed by atoms with E-state index in [2.05, 4.69) is 5.32 Å². The fourth-order valence-electron chi connectivity index (χ4n) is 1.55. The van der Waals surface area contributed by atoms with Gasteiger partial charge in [0.1, 0.15) is 6.10 Å². The Morgan fingerprint density at radius 3 is 2.53 bits per heavy atom. The summed E-state index contributed by atoms with van der Waals surface area (Å²) in [5.74, 6) is -0.280. The molecule has 6 heteroatoms. The van der Waals surface area contributed by atoms with Gasteiger partial charge in [0.05, 0.1) is 6.04 Å². The largest absolute Gasteiger partial charge is 0.381 e. The van der Waals surface area contributed by atoms with Crippen molar-refractivity contribution in [3.05, 3.63) is 29.8 Å². The minimum Gasteiger partial charge on any atom is -0.381 e. The number of nitrogens with one attached hydrogen (secondary N) is 1. The smallest absolute Gasteiger partial charge is 0.241 e. The molecule has 0 spiro atoms. The molecule has 1 aromatic rings. The number of aliphatic hydroxyl groups is 1. The van der Waals surface area contributed by atoms with Gasteiger partial charge in [0.25, 0.3) is 0 Å². The van der Waals surface area contributed by atoms with E-state index >= 15 is 0 Å². The second kappa shape index (κ2) is 7.63. The molecule has 0 saturated carbocycles. The van der Waals surface area contributed by atoms with Crippen LogP contribution in [0.5, 0.6) is 0 Å². The molecule has 0 aliphatic carbocycles. The molecule has 1 aromatic carbocycles. The molecule has 0 radical (unpaired) electrons. The highest BCUT2D eigenvalue weighted by Gasteiger charge is 2.13. The van der Waals surface area contributed by atoms with Crippen molar-refractivity contribution < 1.29 is 14.7 Å². The van der Waals surface area contributed by atoms with Crippen LogP contribution in [0, 0.1) is 0 Å². The molecule has 0 aliphatic heterocycles. The first-order chi connectivity index (χ1) is 9.08. The van der Waals surface area contributed by atoms with E-state index < -0.39 is 12.1 Å². The number of carbonyl (C=O) groups is 2. The standard InChI is InChI=1S/C13H19N3O3/c14-7-1-2-11(15)13(19)16-10-5-3-9(4-6-10)12(18)8-17/h3-6,8,11-12,18H,1-2,7,14-15H2,(H,16,19)/t11-,12?/m0/s1. The molecule has 0 aliphatic rings. The second-order valence-corrected chi connectivity index (χ2v) is 4.23. The first-order valence-electron chi connectivity index (χ1n) is 6.08. The molecule has 6 N–H and O–H groups in total. The number of carbonyl (C=O) groups excluding carboxylic acids is 2. The van der Waals surface area contributed by atoms with Crippen LogP contribution in [-0.2, 0) is 9.59 Å². The topological polar surface area (TPSA) is 118 Å². The van der Waals surface area contributed by atoms with Crippen molar-refractivity contribution in [1.82, 2.24) is 0 Å². The van der Waals surface area contributed by atoms with Crippen LogP contribution in [-0.4, -0.2) is 29.9 Å². The number of anilines is 1. The van der Waals surface area contributed by atoms with Crippen molar-refractivity contribution in [3.8, 4) is 0 Å². The number of rotatable bonds is 7. The first kappa shape index (κ1) is 15.3. The van der Waals surface area contributed by atoms with E-state index in [0.717, 1.165) is 0 Å². The predicted octanol–water partition coefficient (Wildman–Crippen LogP) is -0.0764. The lowest BCUT2D eigenvalue weighted by Crippen LogP contribution is -2.35. The third kappa shape index (κ3) is 4.78. The molecule has 2 atom stereocenters. The minimum atomic E-state index is -1.14. The van der Waals surface area contributed by atoms with Crippen LogP contribution in [0.1, 0.15) is 24.5 Å². The summed E-state index contributed by atoms with van der Waals surface area (Å²) in [5, 5.41) is 12.0. The van der Waals surface area contributed by atoms with E-state index in [1.54, 1.807) is 24.3 Å². The number of hydrogen-bond donors (Lipinski definition) is 4. The van der Waals surface area contributed by atoms with E-state index in [0.29, 0.717) is 36.9 Å². The van der Waals surface area contributed by atoms with Gasteiger partial charge in [-0.3, -0.25) is 4.79 Å². The average molecular weight is 265 g/mol. The quantitative estimate of drug-likeness (QED) is 0.514. The molecule has 1 rings (SSSR count). The minimum absolute atomic E-state index is 0.280. The third-order valence-corrected chi connectivity index (χ3v) is 2.70. The Labute approximate surface area is 111 Å². The molecular formula is C13H19N3O3. The summed E-state index contributed by atoms with van der Waals surface area (Å²) in [4.78, 5) is 22.1. The van der Waals surface area contributed by atoms with Crippen LogP contribution in [0.25, 0.3) is 0 Å². The average Bonchev–Trinajstić information content (AvgIpc) is 2.44. The number of amides is 1. The summed E-state index contributed by atoms with van der Waals surface area (Å²) in [6, 6.07) is 5.76. The Kier molecular flexibility index (Phi) is 6.14. The number of nitrogens with two attached hydrogens (primary N) is 2. The second-order valence-electron chi connectivity index (χ2n) is 4.23. The van der Waals surface area contributed by atoms with Gasteiger partial charge in [0.2, 0.25) is 5.91 Å². The fourth-order valence-corrected chi connectivity index (χ4v) is 1.55. The molecule has 6 nitrogen and oxygen atoms in total. The normalized spacial score (nSPS) is 13.6. The van der Waals surface area contributed by atoms with Gasteiger partial charge in [0.15, 0.2) is 6.29 Å². The van der Waals surface area contributed by atoms with Crippen molar-refractivity contribution in [1.29, 1.82) is 0 Å². The van der Waals surface area contributed by atoms with Crippen LogP contribution in [0.3, 0.4) is 0 Å². The van der Waals surface area contributed by atoms with Gasteiger partial charge in [-0.25, -0.2) is 0 Å². The van der Waals surface area contributed by atoms with Crippen molar-refractivity contribution in [2.45, 2.75) is 25.0 Å². The van der Waals surface area contributed by atoms with Gasteiger partial charge in [-0.05, 0) is 37.1 Å². The van der Waals surface area contributed by atoms with E-state index in [1.165, 1.54) is 0 Å². The Bertz CT molecular complexity index is 420. The summed E-state index contributed by atoms with van der Waals surface area (Å²) >= 11 is 0. The Morgan fingerprint density at radius 1 is 1.37 bits per heavy atom. The Balaban J connectivity index is 2.57. The summed E-state index contributed by atoms with van der Waals surface area (Å²) in [5.41, 5.74) is 12.1. The van der Waals surface area contributed by atoms with E-state index in [-0.39, 0.29) is 5.91 Å². The molecular weight excluding hydrogens is 246 g/mol. The van der Waals surface area contributed by atoms with Crippen molar-refractivity contribution >= 4 is 17.9 Å². The number of aldehydes is 1. The highest BCUT2D eigenvalue weighted by atomic mass is 16.3. The van der Waals surface area contributed by atoms with Gasteiger partial charge in [0, 0.05) is 5.69 Å². The molecule has 1 unspecified atom stereocenters. The maximum Gasteiger partial charge on any atom is 0.241 e. The lowest BCUT2D eigenvalue weighted by Gasteiger charge is -2.12. The maximum atomic E-state index is 11.7. The summed E-state index contributed by atoms with van der Waals surface area (Å²) in [6.07, 6.45) is 0.524. The third-order valence-electron chi connectivity index (χ3n) is 2.70. The van der Waals surface area contributed by atoms with Gasteiger partial charge < -0.3 is 26.7 Å². The molecule has 0 bridgehead atoms. The monoisotopic (exact) mass is 265 g/mol. The number of hydrogen-bond acceptors (Lipinski definition) is 5. The molecule has 1 amide bonds. The SMILES string of the molecule is NCCC[C@H](N)C(=O)Nc1ccc(C(O)C=O)cc1. The van der Waals surface area contributed by atoms with Gasteiger partial charge in [-0.15, -0.1) is 0 Å². The van der Waals surface area contributed by atoms with Crippen LogP contribution in [0.4, 0.5) is 5.69 Å². The van der Waals surface area contributed by atoms with E-state index in [9.17, 15) is 14.7 Å². The van der Waals surface area contributed by atoms with Crippen LogP contribution >= 0.6 is 0 Å². The van der Waals surface area contributed by atoms with Crippen LogP contribution in [0.2, 0.25) is 0 Å².